The average molecular weight is 335 g/mol. The van der Waals surface area contributed by atoms with Gasteiger partial charge in [0.15, 0.2) is 0 Å². The van der Waals surface area contributed by atoms with Gasteiger partial charge in [0, 0.05) is 6.54 Å². The molecule has 0 unspecified atom stereocenters. The molecule has 2 heterocycles. The van der Waals surface area contributed by atoms with Crippen molar-refractivity contribution in [3.05, 3.63) is 18.9 Å². The van der Waals surface area contributed by atoms with Gasteiger partial charge in [-0.1, -0.05) is 0 Å². The zero-order chi connectivity index (χ0) is 11.2. The van der Waals surface area contributed by atoms with Crippen LogP contribution in [-0.2, 0) is 6.54 Å². The number of aromatic nitrogens is 2. The molecule has 0 atom stereocenters. The third-order valence-electron chi connectivity index (χ3n) is 2.33. The number of anilines is 1. The van der Waals surface area contributed by atoms with Gasteiger partial charge in [0.1, 0.15) is 10.6 Å². The molecule has 0 saturated carbocycles. The maximum atomic E-state index is 11.6. The highest BCUT2D eigenvalue weighted by molar-refractivity contribution is 14.1. The quantitative estimate of drug-likeness (QED) is 0.811. The van der Waals surface area contributed by atoms with Crippen LogP contribution in [-0.4, -0.2) is 9.55 Å². The van der Waals surface area contributed by atoms with Crippen LogP contribution >= 0.6 is 33.9 Å². The number of thiophene rings is 1. The Bertz CT molecular complexity index is 587. The van der Waals surface area contributed by atoms with Crippen LogP contribution in [0.2, 0.25) is 0 Å². The molecule has 6 heteroatoms. The summed E-state index contributed by atoms with van der Waals surface area (Å²) in [6.45, 7) is 4.56. The molecule has 0 bridgehead atoms. The molecule has 4 nitrogen and oxygen atoms in total. The molecule has 0 fully saturated rings. The number of rotatable bonds is 1. The first-order valence-corrected chi connectivity index (χ1v) is 6.40. The highest BCUT2D eigenvalue weighted by Gasteiger charge is 2.14. The van der Waals surface area contributed by atoms with Crippen LogP contribution < -0.4 is 11.4 Å². The molecule has 15 heavy (non-hydrogen) atoms. The minimum absolute atomic E-state index is 0.264. The Balaban J connectivity index is 3.03. The van der Waals surface area contributed by atoms with Crippen molar-refractivity contribution in [2.75, 3.05) is 5.73 Å². The standard InChI is InChI=1S/C9H10IN3OS/c1-3-13-8-5(4(2)6(10)15-8)7(11)12-9(13)14/h3H2,1-2H3,(H2,11,12,14). The minimum Gasteiger partial charge on any atom is -0.383 e. The van der Waals surface area contributed by atoms with Crippen LogP contribution in [0.1, 0.15) is 12.5 Å². The lowest BCUT2D eigenvalue weighted by molar-refractivity contribution is 0.738. The van der Waals surface area contributed by atoms with E-state index in [2.05, 4.69) is 27.6 Å². The Morgan fingerprint density at radius 1 is 1.60 bits per heavy atom. The molecule has 0 aliphatic carbocycles. The van der Waals surface area contributed by atoms with Gasteiger partial charge in [0.25, 0.3) is 0 Å². The number of hydrogen-bond acceptors (Lipinski definition) is 4. The topological polar surface area (TPSA) is 60.9 Å². The third-order valence-corrected chi connectivity index (χ3v) is 4.91. The van der Waals surface area contributed by atoms with E-state index in [1.54, 1.807) is 15.9 Å². The largest absolute Gasteiger partial charge is 0.383 e. The summed E-state index contributed by atoms with van der Waals surface area (Å²) in [5, 5.41) is 0.922. The van der Waals surface area contributed by atoms with Crippen molar-refractivity contribution in [2.24, 2.45) is 0 Å². The fraction of sp³-hybridized carbons (Fsp3) is 0.333. The lowest BCUT2D eigenvalue weighted by Gasteiger charge is -2.04. The van der Waals surface area contributed by atoms with Gasteiger partial charge < -0.3 is 5.73 Å². The van der Waals surface area contributed by atoms with Gasteiger partial charge in [-0.3, -0.25) is 4.57 Å². The van der Waals surface area contributed by atoms with E-state index in [1.807, 2.05) is 13.8 Å². The summed E-state index contributed by atoms with van der Waals surface area (Å²) in [4.78, 5) is 16.3. The second-order valence-corrected chi connectivity index (χ2v) is 6.01. The first kappa shape index (κ1) is 10.9. The van der Waals surface area contributed by atoms with Crippen LogP contribution in [0.25, 0.3) is 10.2 Å². The van der Waals surface area contributed by atoms with Crippen LogP contribution in [0.4, 0.5) is 5.82 Å². The number of aryl methyl sites for hydroxylation is 2. The van der Waals surface area contributed by atoms with Gasteiger partial charge in [-0.2, -0.15) is 4.98 Å². The summed E-state index contributed by atoms with van der Waals surface area (Å²) in [6, 6.07) is 0. The van der Waals surface area contributed by atoms with Gasteiger partial charge in [-0.25, -0.2) is 4.79 Å². The maximum Gasteiger partial charge on any atom is 0.350 e. The van der Waals surface area contributed by atoms with E-state index in [1.165, 1.54) is 0 Å². The lowest BCUT2D eigenvalue weighted by Crippen LogP contribution is -2.23. The average Bonchev–Trinajstić information content (AvgIpc) is 2.44. The normalized spacial score (nSPS) is 11.1. The number of nitrogens with two attached hydrogens (primary N) is 1. The molecule has 0 saturated heterocycles. The number of fused-ring (bicyclic) bond motifs is 1. The van der Waals surface area contributed by atoms with E-state index < -0.39 is 0 Å². The van der Waals surface area contributed by atoms with E-state index in [0.29, 0.717) is 12.4 Å². The van der Waals surface area contributed by atoms with Crippen molar-refractivity contribution in [1.82, 2.24) is 9.55 Å². The first-order valence-electron chi connectivity index (χ1n) is 4.51. The molecule has 2 aromatic rings. The first-order chi connectivity index (χ1) is 7.06. The molecule has 0 aliphatic heterocycles. The third kappa shape index (κ3) is 1.55. The minimum atomic E-state index is -0.264. The van der Waals surface area contributed by atoms with Crippen LogP contribution in [0.15, 0.2) is 4.79 Å². The van der Waals surface area contributed by atoms with E-state index in [0.717, 1.165) is 18.7 Å². The molecule has 0 aliphatic rings. The predicted molar refractivity (Wildman–Crippen MR) is 71.4 cm³/mol. The van der Waals surface area contributed by atoms with Crippen molar-refractivity contribution in [2.45, 2.75) is 20.4 Å². The Labute approximate surface area is 104 Å². The second-order valence-electron chi connectivity index (χ2n) is 3.20. The highest BCUT2D eigenvalue weighted by atomic mass is 127. The van der Waals surface area contributed by atoms with Gasteiger partial charge >= 0.3 is 5.69 Å². The smallest absolute Gasteiger partial charge is 0.350 e. The molecule has 2 rings (SSSR count). The van der Waals surface area contributed by atoms with Crippen molar-refractivity contribution in [3.8, 4) is 0 Å². The zero-order valence-corrected chi connectivity index (χ0v) is 11.3. The summed E-state index contributed by atoms with van der Waals surface area (Å²) in [7, 11) is 0. The molecule has 0 aromatic carbocycles. The van der Waals surface area contributed by atoms with E-state index >= 15 is 0 Å². The van der Waals surface area contributed by atoms with Gasteiger partial charge in [-0.05, 0) is 42.0 Å². The Hall–Kier alpha value is -0.630. The fourth-order valence-corrected chi connectivity index (χ4v) is 3.55. The van der Waals surface area contributed by atoms with E-state index in [9.17, 15) is 4.79 Å². The van der Waals surface area contributed by atoms with Gasteiger partial charge in [0.05, 0.1) is 8.27 Å². The summed E-state index contributed by atoms with van der Waals surface area (Å²) < 4.78 is 2.81. The maximum absolute atomic E-state index is 11.6. The second kappa shape index (κ2) is 3.75. The SMILES string of the molecule is CCn1c(=O)nc(N)c2c(C)c(I)sc21. The van der Waals surface area contributed by atoms with Crippen molar-refractivity contribution in [1.29, 1.82) is 0 Å². The number of nitrogens with zero attached hydrogens (tertiary/aromatic N) is 2. The molecule has 80 valence electrons. The molecule has 2 N–H and O–H groups in total. The van der Waals surface area contributed by atoms with Crippen LogP contribution in [0, 0.1) is 9.81 Å². The van der Waals surface area contributed by atoms with Gasteiger partial charge in [0.2, 0.25) is 0 Å². The van der Waals surface area contributed by atoms with Crippen LogP contribution in [0.3, 0.4) is 0 Å². The van der Waals surface area contributed by atoms with Crippen molar-refractivity contribution >= 4 is 50.0 Å². The molecular weight excluding hydrogens is 325 g/mol. The summed E-state index contributed by atoms with van der Waals surface area (Å²) in [5.74, 6) is 0.344. The Kier molecular flexibility index (Phi) is 2.72. The van der Waals surface area contributed by atoms with Crippen molar-refractivity contribution < 1.29 is 0 Å². The lowest BCUT2D eigenvalue weighted by atomic mass is 10.2. The summed E-state index contributed by atoms with van der Waals surface area (Å²) >= 11 is 3.85. The number of hydrogen-bond donors (Lipinski definition) is 1. The zero-order valence-electron chi connectivity index (χ0n) is 8.37. The molecule has 0 radical (unpaired) electrons. The molecule has 0 amide bonds. The van der Waals surface area contributed by atoms with E-state index in [-0.39, 0.29) is 5.69 Å². The van der Waals surface area contributed by atoms with E-state index in [4.69, 9.17) is 5.73 Å². The predicted octanol–water partition coefficient (Wildman–Crippen LogP) is 1.97. The molecule has 2 aromatic heterocycles. The highest BCUT2D eigenvalue weighted by Crippen LogP contribution is 2.33. The van der Waals surface area contributed by atoms with Gasteiger partial charge in [-0.15, -0.1) is 11.3 Å². The summed E-state index contributed by atoms with van der Waals surface area (Å²) in [5.41, 5.74) is 6.62. The monoisotopic (exact) mass is 335 g/mol. The number of nitrogen functional groups attached to an aromatic ring is 1. The van der Waals surface area contributed by atoms with Crippen molar-refractivity contribution in [3.63, 3.8) is 0 Å². The fourth-order valence-electron chi connectivity index (χ4n) is 1.55. The number of halogens is 1. The van der Waals surface area contributed by atoms with Crippen LogP contribution in [0.5, 0.6) is 0 Å². The Morgan fingerprint density at radius 2 is 2.27 bits per heavy atom. The molecular formula is C9H10IN3OS. The summed E-state index contributed by atoms with van der Waals surface area (Å²) in [6.07, 6.45) is 0. The molecule has 0 spiro atoms. The Morgan fingerprint density at radius 3 is 2.87 bits per heavy atom.